The topological polar surface area (TPSA) is 55.6 Å². The minimum Gasteiger partial charge on any atom is -0.465 e. The molecule has 1 unspecified atom stereocenters. The molecule has 1 aliphatic heterocycles. The zero-order valence-corrected chi connectivity index (χ0v) is 10.4. The molecule has 1 saturated heterocycles. The standard InChI is InChI=1S/C12H24N2O2/c1-3-16-12(15)11(13)6-9-14-7-4-10(2)5-8-14/h10-11H,3-9,13H2,1-2H3. The van der Waals surface area contributed by atoms with Crippen LogP contribution in [-0.2, 0) is 9.53 Å². The molecule has 1 fully saturated rings. The van der Waals surface area contributed by atoms with Crippen molar-refractivity contribution in [2.75, 3.05) is 26.2 Å². The zero-order chi connectivity index (χ0) is 12.0. The van der Waals surface area contributed by atoms with Crippen LogP contribution in [0.2, 0.25) is 0 Å². The second-order valence-corrected chi connectivity index (χ2v) is 4.67. The first-order valence-corrected chi connectivity index (χ1v) is 6.28. The number of likely N-dealkylation sites (tertiary alicyclic amines) is 1. The van der Waals surface area contributed by atoms with Crippen LogP contribution in [0.4, 0.5) is 0 Å². The molecule has 0 spiro atoms. The summed E-state index contributed by atoms with van der Waals surface area (Å²) in [5.41, 5.74) is 5.75. The van der Waals surface area contributed by atoms with E-state index in [0.29, 0.717) is 13.0 Å². The third-order valence-electron chi connectivity index (χ3n) is 3.22. The number of carbonyl (C=O) groups excluding carboxylic acids is 1. The SMILES string of the molecule is CCOC(=O)C(N)CCN1CCC(C)CC1. The molecule has 1 rings (SSSR count). The maximum absolute atomic E-state index is 11.3. The summed E-state index contributed by atoms with van der Waals surface area (Å²) < 4.78 is 4.88. The van der Waals surface area contributed by atoms with E-state index in [0.717, 1.165) is 25.6 Å². The van der Waals surface area contributed by atoms with Crippen molar-refractivity contribution in [3.63, 3.8) is 0 Å². The van der Waals surface area contributed by atoms with E-state index in [1.165, 1.54) is 12.8 Å². The van der Waals surface area contributed by atoms with Crippen LogP contribution in [0.3, 0.4) is 0 Å². The Labute approximate surface area is 98.1 Å². The third kappa shape index (κ3) is 4.49. The van der Waals surface area contributed by atoms with E-state index in [4.69, 9.17) is 10.5 Å². The molecule has 0 aromatic rings. The van der Waals surface area contributed by atoms with Gasteiger partial charge in [0.15, 0.2) is 0 Å². The Kier molecular flexibility index (Phi) is 5.77. The predicted molar refractivity (Wildman–Crippen MR) is 64.1 cm³/mol. The zero-order valence-electron chi connectivity index (χ0n) is 10.4. The first-order chi connectivity index (χ1) is 7.63. The summed E-state index contributed by atoms with van der Waals surface area (Å²) in [7, 11) is 0. The summed E-state index contributed by atoms with van der Waals surface area (Å²) >= 11 is 0. The Bertz CT molecular complexity index is 213. The molecule has 0 radical (unpaired) electrons. The van der Waals surface area contributed by atoms with Crippen LogP contribution in [0.1, 0.15) is 33.1 Å². The number of hydrogen-bond acceptors (Lipinski definition) is 4. The summed E-state index contributed by atoms with van der Waals surface area (Å²) in [6.45, 7) is 7.69. The monoisotopic (exact) mass is 228 g/mol. The van der Waals surface area contributed by atoms with Gasteiger partial charge in [0.2, 0.25) is 0 Å². The van der Waals surface area contributed by atoms with E-state index in [-0.39, 0.29) is 5.97 Å². The fourth-order valence-electron chi connectivity index (χ4n) is 1.97. The van der Waals surface area contributed by atoms with Gasteiger partial charge in [0.05, 0.1) is 6.61 Å². The highest BCUT2D eigenvalue weighted by Crippen LogP contribution is 2.16. The maximum Gasteiger partial charge on any atom is 0.322 e. The molecule has 0 aromatic heterocycles. The van der Waals surface area contributed by atoms with Crippen molar-refractivity contribution in [2.24, 2.45) is 11.7 Å². The largest absolute Gasteiger partial charge is 0.465 e. The highest BCUT2D eigenvalue weighted by molar-refractivity contribution is 5.75. The van der Waals surface area contributed by atoms with Gasteiger partial charge in [0.25, 0.3) is 0 Å². The van der Waals surface area contributed by atoms with Crippen molar-refractivity contribution in [2.45, 2.75) is 39.2 Å². The lowest BCUT2D eigenvalue weighted by atomic mass is 9.99. The fraction of sp³-hybridized carbons (Fsp3) is 0.917. The van der Waals surface area contributed by atoms with Crippen LogP contribution < -0.4 is 5.73 Å². The molecular formula is C12H24N2O2. The molecule has 2 N–H and O–H groups in total. The lowest BCUT2D eigenvalue weighted by Gasteiger charge is -2.30. The van der Waals surface area contributed by atoms with Crippen molar-refractivity contribution < 1.29 is 9.53 Å². The van der Waals surface area contributed by atoms with Crippen LogP contribution in [-0.4, -0.2) is 43.2 Å². The molecule has 1 heterocycles. The van der Waals surface area contributed by atoms with Gasteiger partial charge in [-0.15, -0.1) is 0 Å². The summed E-state index contributed by atoms with van der Waals surface area (Å²) in [5, 5.41) is 0. The molecule has 1 aliphatic rings. The summed E-state index contributed by atoms with van der Waals surface area (Å²) in [6, 6.07) is -0.459. The van der Waals surface area contributed by atoms with E-state index in [2.05, 4.69) is 11.8 Å². The first-order valence-electron chi connectivity index (χ1n) is 6.28. The van der Waals surface area contributed by atoms with Gasteiger partial charge < -0.3 is 15.4 Å². The molecule has 94 valence electrons. The van der Waals surface area contributed by atoms with Gasteiger partial charge in [-0.1, -0.05) is 6.92 Å². The van der Waals surface area contributed by atoms with Crippen LogP contribution in [0.15, 0.2) is 0 Å². The molecule has 0 amide bonds. The highest BCUT2D eigenvalue weighted by Gasteiger charge is 2.19. The van der Waals surface area contributed by atoms with E-state index >= 15 is 0 Å². The van der Waals surface area contributed by atoms with Gasteiger partial charge in [-0.25, -0.2) is 0 Å². The van der Waals surface area contributed by atoms with Crippen LogP contribution in [0.25, 0.3) is 0 Å². The van der Waals surface area contributed by atoms with Gasteiger partial charge in [0, 0.05) is 6.54 Å². The van der Waals surface area contributed by atoms with Crippen molar-refractivity contribution in [3.05, 3.63) is 0 Å². The molecule has 16 heavy (non-hydrogen) atoms. The number of nitrogens with two attached hydrogens (primary N) is 1. The number of rotatable bonds is 5. The average molecular weight is 228 g/mol. The Morgan fingerprint density at radius 3 is 2.69 bits per heavy atom. The molecule has 4 nitrogen and oxygen atoms in total. The Balaban J connectivity index is 2.16. The Morgan fingerprint density at radius 1 is 1.50 bits per heavy atom. The predicted octanol–water partition coefficient (Wildman–Crippen LogP) is 0.999. The van der Waals surface area contributed by atoms with E-state index in [9.17, 15) is 4.79 Å². The van der Waals surface area contributed by atoms with Gasteiger partial charge in [-0.2, -0.15) is 0 Å². The molecule has 1 atom stereocenters. The van der Waals surface area contributed by atoms with Gasteiger partial charge >= 0.3 is 5.97 Å². The number of esters is 1. The summed E-state index contributed by atoms with van der Waals surface area (Å²) in [5.74, 6) is 0.572. The smallest absolute Gasteiger partial charge is 0.322 e. The van der Waals surface area contributed by atoms with E-state index < -0.39 is 6.04 Å². The molecular weight excluding hydrogens is 204 g/mol. The van der Waals surface area contributed by atoms with Crippen LogP contribution >= 0.6 is 0 Å². The second kappa shape index (κ2) is 6.86. The Hall–Kier alpha value is -0.610. The number of hydrogen-bond donors (Lipinski definition) is 1. The van der Waals surface area contributed by atoms with Gasteiger partial charge in [-0.3, -0.25) is 4.79 Å². The van der Waals surface area contributed by atoms with Crippen LogP contribution in [0, 0.1) is 5.92 Å². The van der Waals surface area contributed by atoms with Crippen molar-refractivity contribution in [3.8, 4) is 0 Å². The normalized spacial score (nSPS) is 20.7. The molecule has 0 saturated carbocycles. The third-order valence-corrected chi connectivity index (χ3v) is 3.22. The number of nitrogens with zero attached hydrogens (tertiary/aromatic N) is 1. The molecule has 0 aliphatic carbocycles. The second-order valence-electron chi connectivity index (χ2n) is 4.67. The van der Waals surface area contributed by atoms with Gasteiger partial charge in [-0.05, 0) is 45.2 Å². The van der Waals surface area contributed by atoms with Crippen molar-refractivity contribution in [1.82, 2.24) is 4.90 Å². The van der Waals surface area contributed by atoms with Crippen LogP contribution in [0.5, 0.6) is 0 Å². The Morgan fingerprint density at radius 2 is 2.12 bits per heavy atom. The van der Waals surface area contributed by atoms with Crippen molar-refractivity contribution >= 4 is 5.97 Å². The quantitative estimate of drug-likeness (QED) is 0.713. The molecule has 0 aromatic carbocycles. The number of piperidine rings is 1. The van der Waals surface area contributed by atoms with E-state index in [1.54, 1.807) is 6.92 Å². The summed E-state index contributed by atoms with van der Waals surface area (Å²) in [4.78, 5) is 13.7. The summed E-state index contributed by atoms with van der Waals surface area (Å²) in [6.07, 6.45) is 3.22. The maximum atomic E-state index is 11.3. The minimum absolute atomic E-state index is 0.270. The lowest BCUT2D eigenvalue weighted by Crippen LogP contribution is -2.39. The first kappa shape index (κ1) is 13.5. The molecule has 4 heteroatoms. The molecule has 0 bridgehead atoms. The number of ether oxygens (including phenoxy) is 1. The average Bonchev–Trinajstić information content (AvgIpc) is 2.28. The van der Waals surface area contributed by atoms with Crippen molar-refractivity contribution in [1.29, 1.82) is 0 Å². The van der Waals surface area contributed by atoms with Gasteiger partial charge in [0.1, 0.15) is 6.04 Å². The fourth-order valence-corrected chi connectivity index (χ4v) is 1.97. The lowest BCUT2D eigenvalue weighted by molar-refractivity contribution is -0.144. The highest BCUT2D eigenvalue weighted by atomic mass is 16.5. The van der Waals surface area contributed by atoms with E-state index in [1.807, 2.05) is 0 Å². The number of carbonyl (C=O) groups is 1. The minimum atomic E-state index is -0.459.